The van der Waals surface area contributed by atoms with Crippen LogP contribution in [0, 0.1) is 0 Å². The van der Waals surface area contributed by atoms with Crippen molar-refractivity contribution in [2.75, 3.05) is 19.8 Å². The molecule has 0 saturated carbocycles. The van der Waals surface area contributed by atoms with Crippen LogP contribution >= 0.6 is 0 Å². The van der Waals surface area contributed by atoms with Gasteiger partial charge in [0, 0.05) is 12.8 Å². The monoisotopic (exact) mass is 646 g/mol. The van der Waals surface area contributed by atoms with E-state index in [4.69, 9.17) is 18.9 Å². The van der Waals surface area contributed by atoms with Gasteiger partial charge in [-0.05, 0) is 12.8 Å². The molecule has 10 heteroatoms. The molecule has 1 aliphatic heterocycles. The summed E-state index contributed by atoms with van der Waals surface area (Å²) in [6, 6.07) is 0. The molecule has 0 radical (unpaired) electrons. The molecule has 1 aliphatic rings. The van der Waals surface area contributed by atoms with E-state index in [1.807, 2.05) is 0 Å². The van der Waals surface area contributed by atoms with E-state index < -0.39 is 49.4 Å². The van der Waals surface area contributed by atoms with Crippen LogP contribution in [-0.2, 0) is 28.5 Å². The predicted molar refractivity (Wildman–Crippen MR) is 173 cm³/mol. The van der Waals surface area contributed by atoms with Crippen molar-refractivity contribution in [2.45, 2.75) is 192 Å². The van der Waals surface area contributed by atoms with Crippen molar-refractivity contribution in [1.82, 2.24) is 0 Å². The van der Waals surface area contributed by atoms with E-state index in [9.17, 15) is 30.0 Å². The number of unbranched alkanes of at least 4 members (excludes halogenated alkanes) is 18. The Kier molecular flexibility index (Phi) is 25.8. The van der Waals surface area contributed by atoms with Crippen molar-refractivity contribution in [3.8, 4) is 0 Å². The Labute approximate surface area is 272 Å². The molecule has 4 N–H and O–H groups in total. The molecule has 1 fully saturated rings. The first-order chi connectivity index (χ1) is 21.8. The fourth-order valence-electron chi connectivity index (χ4n) is 5.54. The zero-order chi connectivity index (χ0) is 33.1. The van der Waals surface area contributed by atoms with Crippen LogP contribution in [0.15, 0.2) is 0 Å². The lowest BCUT2D eigenvalue weighted by Crippen LogP contribution is -2.59. The molecule has 0 spiro atoms. The summed E-state index contributed by atoms with van der Waals surface area (Å²) in [7, 11) is 0. The maximum atomic E-state index is 12.6. The van der Waals surface area contributed by atoms with E-state index in [0.717, 1.165) is 38.5 Å². The normalized spacial score (nSPS) is 22.3. The van der Waals surface area contributed by atoms with Crippen LogP contribution in [-0.4, -0.2) is 89.0 Å². The fourth-order valence-corrected chi connectivity index (χ4v) is 5.54. The zero-order valence-electron chi connectivity index (χ0n) is 28.4. The van der Waals surface area contributed by atoms with Crippen LogP contribution in [0.1, 0.15) is 155 Å². The molecular formula is C35H66O10. The number of aliphatic hydroxyl groups excluding tert-OH is 4. The van der Waals surface area contributed by atoms with Gasteiger partial charge in [-0.3, -0.25) is 9.59 Å². The number of hydrogen-bond acceptors (Lipinski definition) is 10. The number of aliphatic hydroxyl groups is 4. The van der Waals surface area contributed by atoms with Gasteiger partial charge >= 0.3 is 11.9 Å². The minimum absolute atomic E-state index is 0.211. The Hall–Kier alpha value is -1.30. The maximum Gasteiger partial charge on any atom is 0.306 e. The number of carbonyl (C=O) groups is 2. The van der Waals surface area contributed by atoms with Crippen LogP contribution in [0.2, 0.25) is 0 Å². The van der Waals surface area contributed by atoms with Crippen LogP contribution in [0.5, 0.6) is 0 Å². The minimum atomic E-state index is -1.59. The number of esters is 2. The molecule has 45 heavy (non-hydrogen) atoms. The van der Waals surface area contributed by atoms with Crippen molar-refractivity contribution in [3.63, 3.8) is 0 Å². The molecule has 6 unspecified atom stereocenters. The SMILES string of the molecule is CCCCCCCCCCCCCC(=O)OC(COC(=O)CCCCCCCCCCC)COC1OC(CO)C(O)C(O)C1O. The molecule has 0 aromatic rings. The standard InChI is InChI=1S/C35H66O10/c1-3-5-7-9-11-13-14-16-18-20-22-24-31(38)44-28(27-43-35-34(41)33(40)32(39)29(25-36)45-35)26-42-30(37)23-21-19-17-15-12-10-8-6-4-2/h28-29,32-36,39-41H,3-27H2,1-2H3. The lowest BCUT2D eigenvalue weighted by Gasteiger charge is -2.39. The Morgan fingerprint density at radius 3 is 1.51 bits per heavy atom. The van der Waals surface area contributed by atoms with Gasteiger partial charge < -0.3 is 39.4 Å². The molecule has 266 valence electrons. The average molecular weight is 647 g/mol. The van der Waals surface area contributed by atoms with Crippen LogP contribution in [0.4, 0.5) is 0 Å². The summed E-state index contributed by atoms with van der Waals surface area (Å²) in [5.41, 5.74) is 0. The first kappa shape index (κ1) is 41.7. The second kappa shape index (κ2) is 27.8. The smallest absolute Gasteiger partial charge is 0.306 e. The molecular weight excluding hydrogens is 580 g/mol. The largest absolute Gasteiger partial charge is 0.462 e. The third kappa shape index (κ3) is 20.5. The number of carbonyl (C=O) groups excluding carboxylic acids is 2. The Bertz CT molecular complexity index is 719. The van der Waals surface area contributed by atoms with Gasteiger partial charge in [0.25, 0.3) is 0 Å². The van der Waals surface area contributed by atoms with Crippen molar-refractivity contribution >= 4 is 11.9 Å². The second-order valence-corrected chi connectivity index (χ2v) is 12.7. The third-order valence-electron chi connectivity index (χ3n) is 8.49. The van der Waals surface area contributed by atoms with Gasteiger partial charge in [0.15, 0.2) is 12.4 Å². The summed E-state index contributed by atoms with van der Waals surface area (Å²) >= 11 is 0. The van der Waals surface area contributed by atoms with Gasteiger partial charge in [-0.15, -0.1) is 0 Å². The lowest BCUT2D eigenvalue weighted by molar-refractivity contribution is -0.305. The highest BCUT2D eigenvalue weighted by Gasteiger charge is 2.44. The Morgan fingerprint density at radius 2 is 1.04 bits per heavy atom. The summed E-state index contributed by atoms with van der Waals surface area (Å²) in [6.45, 7) is 3.37. The second-order valence-electron chi connectivity index (χ2n) is 12.7. The molecule has 0 aromatic heterocycles. The number of ether oxygens (including phenoxy) is 4. The maximum absolute atomic E-state index is 12.6. The van der Waals surface area contributed by atoms with Gasteiger partial charge in [-0.1, -0.05) is 129 Å². The molecule has 10 nitrogen and oxygen atoms in total. The quantitative estimate of drug-likeness (QED) is 0.0573. The van der Waals surface area contributed by atoms with Gasteiger partial charge in [-0.2, -0.15) is 0 Å². The van der Waals surface area contributed by atoms with Gasteiger partial charge in [0.2, 0.25) is 0 Å². The van der Waals surface area contributed by atoms with E-state index >= 15 is 0 Å². The molecule has 0 aromatic carbocycles. The third-order valence-corrected chi connectivity index (χ3v) is 8.49. The molecule has 1 heterocycles. The molecule has 1 rings (SSSR count). The lowest BCUT2D eigenvalue weighted by atomic mass is 9.99. The summed E-state index contributed by atoms with van der Waals surface area (Å²) in [4.78, 5) is 25.0. The predicted octanol–water partition coefficient (Wildman–Crippen LogP) is 5.88. The van der Waals surface area contributed by atoms with E-state index in [0.29, 0.717) is 6.42 Å². The fraction of sp³-hybridized carbons (Fsp3) is 0.943. The highest BCUT2D eigenvalue weighted by Crippen LogP contribution is 2.22. The van der Waals surface area contributed by atoms with Crippen LogP contribution in [0.3, 0.4) is 0 Å². The van der Waals surface area contributed by atoms with E-state index in [2.05, 4.69) is 13.8 Å². The van der Waals surface area contributed by atoms with Gasteiger partial charge in [-0.25, -0.2) is 0 Å². The van der Waals surface area contributed by atoms with Crippen molar-refractivity contribution in [1.29, 1.82) is 0 Å². The minimum Gasteiger partial charge on any atom is -0.462 e. The molecule has 1 saturated heterocycles. The van der Waals surface area contributed by atoms with Gasteiger partial charge in [0.1, 0.15) is 31.0 Å². The topological polar surface area (TPSA) is 152 Å². The van der Waals surface area contributed by atoms with Crippen LogP contribution in [0.25, 0.3) is 0 Å². The molecule has 0 bridgehead atoms. The Balaban J connectivity index is 2.43. The van der Waals surface area contributed by atoms with Crippen LogP contribution < -0.4 is 0 Å². The highest BCUT2D eigenvalue weighted by molar-refractivity contribution is 5.70. The zero-order valence-corrected chi connectivity index (χ0v) is 28.4. The van der Waals surface area contributed by atoms with Crippen molar-refractivity contribution in [3.05, 3.63) is 0 Å². The molecule has 6 atom stereocenters. The van der Waals surface area contributed by atoms with E-state index in [1.165, 1.54) is 83.5 Å². The average Bonchev–Trinajstić information content (AvgIpc) is 3.03. The van der Waals surface area contributed by atoms with E-state index in [-0.39, 0.29) is 32.0 Å². The summed E-state index contributed by atoms with van der Waals surface area (Å²) < 4.78 is 22.0. The number of rotatable bonds is 29. The first-order valence-corrected chi connectivity index (χ1v) is 18.1. The summed E-state index contributed by atoms with van der Waals surface area (Å²) in [5.74, 6) is -0.805. The van der Waals surface area contributed by atoms with Crippen molar-refractivity contribution in [2.24, 2.45) is 0 Å². The van der Waals surface area contributed by atoms with E-state index in [1.54, 1.807) is 0 Å². The van der Waals surface area contributed by atoms with Crippen molar-refractivity contribution < 1.29 is 49.0 Å². The molecule has 0 amide bonds. The number of hydrogen-bond donors (Lipinski definition) is 4. The highest BCUT2D eigenvalue weighted by atomic mass is 16.7. The summed E-state index contributed by atoms with van der Waals surface area (Å²) in [6.07, 6.45) is 15.5. The Morgan fingerprint density at radius 1 is 0.600 bits per heavy atom. The van der Waals surface area contributed by atoms with Gasteiger partial charge in [0.05, 0.1) is 13.2 Å². The first-order valence-electron chi connectivity index (χ1n) is 18.1. The summed E-state index contributed by atoms with van der Waals surface area (Å²) in [5, 5.41) is 39.8. The molecule has 0 aliphatic carbocycles.